The zero-order chi connectivity index (χ0) is 16.4. The molecule has 1 aliphatic rings. The van der Waals surface area contributed by atoms with E-state index in [9.17, 15) is 9.59 Å². The van der Waals surface area contributed by atoms with Crippen molar-refractivity contribution < 1.29 is 19.1 Å². The lowest BCUT2D eigenvalue weighted by Crippen LogP contribution is -2.31. The molecule has 1 unspecified atom stereocenters. The van der Waals surface area contributed by atoms with Gasteiger partial charge in [0.05, 0.1) is 18.0 Å². The van der Waals surface area contributed by atoms with E-state index in [0.29, 0.717) is 29.6 Å². The van der Waals surface area contributed by atoms with Gasteiger partial charge in [0, 0.05) is 23.7 Å². The van der Waals surface area contributed by atoms with Crippen LogP contribution in [0.5, 0.6) is 0 Å². The Hall–Kier alpha value is -2.05. The van der Waals surface area contributed by atoms with Gasteiger partial charge in [-0.1, -0.05) is 11.6 Å². The molecule has 0 saturated carbocycles. The minimum absolute atomic E-state index is 0. The quantitative estimate of drug-likeness (QED) is 0.894. The maximum Gasteiger partial charge on any atom is 0.308 e. The number of rotatable bonds is 4. The standard InChI is InChI=1S/C16H15ClN2O4.ClH/c17-12-3-1-10(2-4-12)15-18-13(9-23-15)7-14(20)19-6-5-11(8-19)16(21)22;/h1-4,9,11H,5-8H2,(H,21,22);1H. The molecule has 1 aliphatic heterocycles. The number of carboxylic acids is 1. The first-order valence-corrected chi connectivity index (χ1v) is 7.61. The zero-order valence-corrected chi connectivity index (χ0v) is 14.2. The highest BCUT2D eigenvalue weighted by molar-refractivity contribution is 6.30. The molecule has 8 heteroatoms. The normalized spacial score (nSPS) is 16.7. The van der Waals surface area contributed by atoms with Crippen LogP contribution in [0.25, 0.3) is 11.5 Å². The Bertz CT molecular complexity index is 730. The summed E-state index contributed by atoms with van der Waals surface area (Å²) in [6.07, 6.45) is 2.05. The van der Waals surface area contributed by atoms with Gasteiger partial charge in [0.2, 0.25) is 11.8 Å². The molecule has 0 spiro atoms. The average molecular weight is 371 g/mol. The van der Waals surface area contributed by atoms with E-state index in [0.717, 1.165) is 5.56 Å². The Kier molecular flexibility index (Phi) is 5.85. The number of likely N-dealkylation sites (tertiary alicyclic amines) is 1. The van der Waals surface area contributed by atoms with Crippen molar-refractivity contribution in [2.24, 2.45) is 5.92 Å². The molecular formula is C16H16Cl2N2O4. The smallest absolute Gasteiger partial charge is 0.308 e. The first-order valence-electron chi connectivity index (χ1n) is 7.24. The van der Waals surface area contributed by atoms with Crippen LogP contribution in [0.1, 0.15) is 12.1 Å². The van der Waals surface area contributed by atoms with Crippen LogP contribution < -0.4 is 0 Å². The third-order valence-corrected chi connectivity index (χ3v) is 4.12. The molecule has 1 aromatic heterocycles. The summed E-state index contributed by atoms with van der Waals surface area (Å²) in [5.41, 5.74) is 1.30. The van der Waals surface area contributed by atoms with Gasteiger partial charge in [0.25, 0.3) is 0 Å². The van der Waals surface area contributed by atoms with Crippen LogP contribution in [0.15, 0.2) is 34.9 Å². The fraction of sp³-hybridized carbons (Fsp3) is 0.312. The zero-order valence-electron chi connectivity index (χ0n) is 12.6. The molecular weight excluding hydrogens is 355 g/mol. The molecule has 1 atom stereocenters. The number of amides is 1. The van der Waals surface area contributed by atoms with Crippen LogP contribution in [-0.4, -0.2) is 40.0 Å². The molecule has 2 heterocycles. The van der Waals surface area contributed by atoms with Crippen molar-refractivity contribution in [3.05, 3.63) is 41.2 Å². The minimum atomic E-state index is -0.855. The third-order valence-electron chi connectivity index (χ3n) is 3.87. The molecule has 0 bridgehead atoms. The summed E-state index contributed by atoms with van der Waals surface area (Å²) in [5.74, 6) is -1.04. The Morgan fingerprint density at radius 3 is 2.67 bits per heavy atom. The molecule has 128 valence electrons. The van der Waals surface area contributed by atoms with Crippen molar-refractivity contribution >= 4 is 35.9 Å². The van der Waals surface area contributed by atoms with Crippen molar-refractivity contribution in [1.29, 1.82) is 0 Å². The van der Waals surface area contributed by atoms with Gasteiger partial charge in [-0.05, 0) is 30.7 Å². The summed E-state index contributed by atoms with van der Waals surface area (Å²) < 4.78 is 5.39. The van der Waals surface area contributed by atoms with E-state index in [1.54, 1.807) is 29.2 Å². The van der Waals surface area contributed by atoms with Gasteiger partial charge in [-0.2, -0.15) is 0 Å². The number of hydrogen-bond donors (Lipinski definition) is 1. The van der Waals surface area contributed by atoms with Crippen molar-refractivity contribution in [3.8, 4) is 11.5 Å². The van der Waals surface area contributed by atoms with E-state index < -0.39 is 11.9 Å². The lowest BCUT2D eigenvalue weighted by Gasteiger charge is -2.14. The van der Waals surface area contributed by atoms with Crippen molar-refractivity contribution in [3.63, 3.8) is 0 Å². The first-order chi connectivity index (χ1) is 11.0. The van der Waals surface area contributed by atoms with Gasteiger partial charge in [-0.25, -0.2) is 4.98 Å². The summed E-state index contributed by atoms with van der Waals surface area (Å²) in [5, 5.41) is 9.60. The lowest BCUT2D eigenvalue weighted by atomic mass is 10.1. The van der Waals surface area contributed by atoms with Crippen molar-refractivity contribution in [2.45, 2.75) is 12.8 Å². The Balaban J connectivity index is 0.00000208. The largest absolute Gasteiger partial charge is 0.481 e. The first kappa shape index (κ1) is 18.3. The predicted molar refractivity (Wildman–Crippen MR) is 90.2 cm³/mol. The number of oxazole rings is 1. The number of halogens is 2. The van der Waals surface area contributed by atoms with Gasteiger partial charge in [-0.3, -0.25) is 9.59 Å². The molecule has 1 amide bonds. The Morgan fingerprint density at radius 1 is 1.33 bits per heavy atom. The summed E-state index contributed by atoms with van der Waals surface area (Å²) in [6.45, 7) is 0.730. The van der Waals surface area contributed by atoms with E-state index in [-0.39, 0.29) is 31.3 Å². The third kappa shape index (κ3) is 4.07. The van der Waals surface area contributed by atoms with E-state index >= 15 is 0 Å². The molecule has 0 radical (unpaired) electrons. The maximum atomic E-state index is 12.2. The van der Waals surface area contributed by atoms with Crippen molar-refractivity contribution in [1.82, 2.24) is 9.88 Å². The summed E-state index contributed by atoms with van der Waals surface area (Å²) in [7, 11) is 0. The number of carbonyl (C=O) groups excluding carboxylic acids is 1. The van der Waals surface area contributed by atoms with Crippen LogP contribution in [-0.2, 0) is 16.0 Å². The number of carbonyl (C=O) groups is 2. The molecule has 1 fully saturated rings. The average Bonchev–Trinajstić information content (AvgIpc) is 3.17. The van der Waals surface area contributed by atoms with E-state index in [2.05, 4.69) is 4.98 Å². The lowest BCUT2D eigenvalue weighted by molar-refractivity contribution is -0.141. The number of aromatic nitrogens is 1. The molecule has 1 aromatic carbocycles. The number of benzene rings is 1. The summed E-state index contributed by atoms with van der Waals surface area (Å²) >= 11 is 5.84. The molecule has 1 saturated heterocycles. The van der Waals surface area contributed by atoms with E-state index in [4.69, 9.17) is 21.1 Å². The second kappa shape index (κ2) is 7.68. The second-order valence-corrected chi connectivity index (χ2v) is 5.93. The molecule has 6 nitrogen and oxygen atoms in total. The molecule has 3 rings (SSSR count). The minimum Gasteiger partial charge on any atom is -0.481 e. The van der Waals surface area contributed by atoms with Gasteiger partial charge in [-0.15, -0.1) is 12.4 Å². The van der Waals surface area contributed by atoms with E-state index in [1.807, 2.05) is 0 Å². The molecule has 24 heavy (non-hydrogen) atoms. The highest BCUT2D eigenvalue weighted by Gasteiger charge is 2.31. The molecule has 0 aliphatic carbocycles. The highest BCUT2D eigenvalue weighted by Crippen LogP contribution is 2.22. The Labute approximate surface area is 149 Å². The number of nitrogens with zero attached hydrogens (tertiary/aromatic N) is 2. The second-order valence-electron chi connectivity index (χ2n) is 5.49. The summed E-state index contributed by atoms with van der Waals surface area (Å²) in [4.78, 5) is 29.0. The number of aliphatic carboxylic acids is 1. The topological polar surface area (TPSA) is 83.6 Å². The highest BCUT2D eigenvalue weighted by atomic mass is 35.5. The predicted octanol–water partition coefficient (Wildman–Crippen LogP) is 2.89. The summed E-state index contributed by atoms with van der Waals surface area (Å²) in [6, 6.07) is 7.06. The van der Waals surface area contributed by atoms with E-state index in [1.165, 1.54) is 6.26 Å². The van der Waals surface area contributed by atoms with Crippen LogP contribution in [0, 0.1) is 5.92 Å². The van der Waals surface area contributed by atoms with Gasteiger partial charge in [0.1, 0.15) is 6.26 Å². The van der Waals surface area contributed by atoms with Gasteiger partial charge >= 0.3 is 5.97 Å². The monoisotopic (exact) mass is 370 g/mol. The molecule has 2 aromatic rings. The van der Waals surface area contributed by atoms with Gasteiger partial charge < -0.3 is 14.4 Å². The van der Waals surface area contributed by atoms with Crippen LogP contribution in [0.3, 0.4) is 0 Å². The number of hydrogen-bond acceptors (Lipinski definition) is 4. The SMILES string of the molecule is Cl.O=C(O)C1CCN(C(=O)Cc2coc(-c3ccc(Cl)cc3)n2)C1. The molecule has 1 N–H and O–H groups in total. The fourth-order valence-corrected chi connectivity index (χ4v) is 2.69. The Morgan fingerprint density at radius 2 is 2.04 bits per heavy atom. The fourth-order valence-electron chi connectivity index (χ4n) is 2.57. The van der Waals surface area contributed by atoms with Crippen molar-refractivity contribution in [2.75, 3.05) is 13.1 Å². The van der Waals surface area contributed by atoms with Crippen LogP contribution in [0.4, 0.5) is 0 Å². The van der Waals surface area contributed by atoms with Gasteiger partial charge in [0.15, 0.2) is 0 Å². The maximum absolute atomic E-state index is 12.2. The number of carboxylic acid groups (broad SMARTS) is 1. The van der Waals surface area contributed by atoms with Crippen LogP contribution in [0.2, 0.25) is 5.02 Å². The van der Waals surface area contributed by atoms with Crippen LogP contribution >= 0.6 is 24.0 Å².